The average Bonchev–Trinajstić information content (AvgIpc) is 3.30. The fraction of sp³-hybridized carbons (Fsp3) is 0.818. The van der Waals surface area contributed by atoms with Crippen molar-refractivity contribution in [2.45, 2.75) is 71.8 Å². The van der Waals surface area contributed by atoms with Crippen molar-refractivity contribution in [2.75, 3.05) is 14.1 Å². The van der Waals surface area contributed by atoms with E-state index in [-0.39, 0.29) is 28.8 Å². The number of fused-ring (bicyclic) bond motifs is 1. The zero-order chi connectivity index (χ0) is 20.0. The lowest BCUT2D eigenvalue weighted by Crippen LogP contribution is -2.42. The van der Waals surface area contributed by atoms with Gasteiger partial charge < -0.3 is 9.42 Å². The summed E-state index contributed by atoms with van der Waals surface area (Å²) < 4.78 is 5.68. The molecule has 0 N–H and O–H groups in total. The Kier molecular flexibility index (Phi) is 5.65. The highest BCUT2D eigenvalue weighted by molar-refractivity contribution is 7.09. The lowest BCUT2D eigenvalue weighted by atomic mass is 9.58. The zero-order valence-electron chi connectivity index (χ0n) is 17.6. The molecule has 152 valence electrons. The van der Waals surface area contributed by atoms with Crippen LogP contribution < -0.4 is 0 Å². The van der Waals surface area contributed by atoms with Gasteiger partial charge in [-0.05, 0) is 55.3 Å². The molecule has 27 heavy (non-hydrogen) atoms. The van der Waals surface area contributed by atoms with Crippen LogP contribution in [0.2, 0.25) is 0 Å². The molecule has 3 saturated carbocycles. The average molecular weight is 394 g/mol. The van der Waals surface area contributed by atoms with Gasteiger partial charge >= 0.3 is 0 Å². The minimum atomic E-state index is -0.402. The van der Waals surface area contributed by atoms with Gasteiger partial charge in [0, 0.05) is 35.9 Å². The third-order valence-electron chi connectivity index (χ3n) is 7.77. The molecule has 0 heterocycles. The molecule has 3 aliphatic rings. The van der Waals surface area contributed by atoms with E-state index in [1.54, 1.807) is 4.90 Å². The molecular formula is C22H36NO3P. The maximum atomic E-state index is 12.6. The first-order valence-electron chi connectivity index (χ1n) is 10.4. The van der Waals surface area contributed by atoms with Crippen LogP contribution in [0.1, 0.15) is 65.7 Å². The Morgan fingerprint density at radius 2 is 1.96 bits per heavy atom. The number of carbonyl (C=O) groups is 2. The molecule has 5 heteroatoms. The smallest absolute Gasteiger partial charge is 0.231 e. The number of hydrogen-bond acceptors (Lipinski definition) is 3. The van der Waals surface area contributed by atoms with Crippen LogP contribution in [0, 0.1) is 28.1 Å². The van der Waals surface area contributed by atoms with Gasteiger partial charge in [-0.25, -0.2) is 0 Å². The standard InChI is InChI=1S/C22H36NO3P/c1-20(2,17-9-8-15-16(24)7-6-11-21(15,17)3)12-10-18(26-27)22(13-14-22)19(25)23(4)5/h10,12,15,17-18H,6-9,11,13-14,27H2,1-5H3/b12-10+. The van der Waals surface area contributed by atoms with Gasteiger partial charge in [-0.15, -0.1) is 0 Å². The number of ketones is 1. The van der Waals surface area contributed by atoms with Crippen molar-refractivity contribution in [3.63, 3.8) is 0 Å². The number of amides is 1. The van der Waals surface area contributed by atoms with Gasteiger partial charge in [-0.3, -0.25) is 9.59 Å². The second-order valence-electron chi connectivity index (χ2n) is 10.1. The fourth-order valence-corrected chi connectivity index (χ4v) is 6.52. The van der Waals surface area contributed by atoms with E-state index in [1.165, 1.54) is 0 Å². The van der Waals surface area contributed by atoms with Gasteiger partial charge in [-0.1, -0.05) is 32.9 Å². The van der Waals surface area contributed by atoms with E-state index >= 15 is 0 Å². The number of nitrogens with zero attached hydrogens (tertiary/aromatic N) is 1. The summed E-state index contributed by atoms with van der Waals surface area (Å²) in [4.78, 5) is 26.8. The monoisotopic (exact) mass is 393 g/mol. The van der Waals surface area contributed by atoms with Crippen molar-refractivity contribution in [1.29, 1.82) is 0 Å². The van der Waals surface area contributed by atoms with E-state index in [2.05, 4.69) is 42.4 Å². The topological polar surface area (TPSA) is 46.6 Å². The van der Waals surface area contributed by atoms with Crippen LogP contribution in [-0.4, -0.2) is 36.8 Å². The summed E-state index contributed by atoms with van der Waals surface area (Å²) in [6, 6.07) is 0. The molecule has 4 nitrogen and oxygen atoms in total. The number of Topliss-reactive ketones (excluding diaryl/α,β-unsaturated/α-hetero) is 1. The molecule has 0 aromatic rings. The quantitative estimate of drug-likeness (QED) is 0.496. The molecule has 5 unspecified atom stereocenters. The third kappa shape index (κ3) is 3.53. The van der Waals surface area contributed by atoms with Crippen molar-refractivity contribution < 1.29 is 14.1 Å². The molecular weight excluding hydrogens is 357 g/mol. The van der Waals surface area contributed by atoms with Crippen LogP contribution >= 0.6 is 9.47 Å². The van der Waals surface area contributed by atoms with Crippen LogP contribution in [0.25, 0.3) is 0 Å². The summed E-state index contributed by atoms with van der Waals surface area (Å²) in [5, 5.41) is 0. The van der Waals surface area contributed by atoms with Crippen molar-refractivity contribution in [3.8, 4) is 0 Å². The van der Waals surface area contributed by atoms with Gasteiger partial charge in [0.15, 0.2) is 0 Å². The van der Waals surface area contributed by atoms with E-state index in [9.17, 15) is 9.59 Å². The number of rotatable bonds is 6. The Balaban J connectivity index is 1.79. The molecule has 0 bridgehead atoms. The van der Waals surface area contributed by atoms with Crippen molar-refractivity contribution >= 4 is 21.2 Å². The molecule has 3 fully saturated rings. The Labute approximate surface area is 166 Å². The van der Waals surface area contributed by atoms with Crippen molar-refractivity contribution in [3.05, 3.63) is 12.2 Å². The number of allylic oxidation sites excluding steroid dienone is 1. The maximum absolute atomic E-state index is 12.6. The second kappa shape index (κ2) is 7.26. The largest absolute Gasteiger partial charge is 0.357 e. The summed E-state index contributed by atoms with van der Waals surface area (Å²) in [7, 11) is 5.99. The molecule has 3 aliphatic carbocycles. The summed E-state index contributed by atoms with van der Waals surface area (Å²) in [6.45, 7) is 6.91. The molecule has 0 aromatic carbocycles. The van der Waals surface area contributed by atoms with E-state index in [0.29, 0.717) is 11.7 Å². The summed E-state index contributed by atoms with van der Waals surface area (Å²) in [5.74, 6) is 1.36. The van der Waals surface area contributed by atoms with E-state index < -0.39 is 5.41 Å². The van der Waals surface area contributed by atoms with Crippen molar-refractivity contribution in [2.24, 2.45) is 28.1 Å². The molecule has 5 atom stereocenters. The van der Waals surface area contributed by atoms with Crippen LogP contribution in [0.4, 0.5) is 0 Å². The van der Waals surface area contributed by atoms with Crippen LogP contribution in [0.5, 0.6) is 0 Å². The summed E-state index contributed by atoms with van der Waals surface area (Å²) >= 11 is 0. The summed E-state index contributed by atoms with van der Waals surface area (Å²) in [5.41, 5.74) is -0.322. The first kappa shape index (κ1) is 21.0. The zero-order valence-corrected chi connectivity index (χ0v) is 18.7. The first-order valence-corrected chi connectivity index (χ1v) is 10.8. The minimum Gasteiger partial charge on any atom is -0.357 e. The van der Waals surface area contributed by atoms with Gasteiger partial charge in [0.25, 0.3) is 0 Å². The number of carbonyl (C=O) groups excluding carboxylic acids is 2. The summed E-state index contributed by atoms with van der Waals surface area (Å²) in [6.07, 6.45) is 11.0. The van der Waals surface area contributed by atoms with Crippen LogP contribution in [0.15, 0.2) is 12.2 Å². The van der Waals surface area contributed by atoms with Gasteiger partial charge in [0.1, 0.15) is 5.78 Å². The normalized spacial score (nSPS) is 33.8. The van der Waals surface area contributed by atoms with E-state index in [1.807, 2.05) is 14.1 Å². The van der Waals surface area contributed by atoms with Crippen molar-refractivity contribution in [1.82, 2.24) is 4.90 Å². The molecule has 0 aromatic heterocycles. The number of hydrogen-bond donors (Lipinski definition) is 0. The highest BCUT2D eigenvalue weighted by Gasteiger charge is 2.57. The van der Waals surface area contributed by atoms with Crippen LogP contribution in [0.3, 0.4) is 0 Å². The van der Waals surface area contributed by atoms with Gasteiger partial charge in [-0.2, -0.15) is 0 Å². The Morgan fingerprint density at radius 1 is 1.30 bits per heavy atom. The molecule has 0 saturated heterocycles. The highest BCUT2D eigenvalue weighted by atomic mass is 31.0. The van der Waals surface area contributed by atoms with Gasteiger partial charge in [0.05, 0.1) is 11.5 Å². The predicted molar refractivity (Wildman–Crippen MR) is 111 cm³/mol. The lowest BCUT2D eigenvalue weighted by Gasteiger charge is -2.45. The first-order chi connectivity index (χ1) is 12.6. The lowest BCUT2D eigenvalue weighted by molar-refractivity contribution is -0.137. The van der Waals surface area contributed by atoms with E-state index in [0.717, 1.165) is 44.9 Å². The second-order valence-corrected chi connectivity index (χ2v) is 10.4. The minimum absolute atomic E-state index is 0.0280. The Morgan fingerprint density at radius 3 is 2.52 bits per heavy atom. The maximum Gasteiger partial charge on any atom is 0.231 e. The van der Waals surface area contributed by atoms with Gasteiger partial charge in [0.2, 0.25) is 5.91 Å². The fourth-order valence-electron chi connectivity index (χ4n) is 6.16. The highest BCUT2D eigenvalue weighted by Crippen LogP contribution is 2.60. The molecule has 3 rings (SSSR count). The molecule has 0 spiro atoms. The Hall–Kier alpha value is -0.730. The molecule has 0 aliphatic heterocycles. The van der Waals surface area contributed by atoms with E-state index in [4.69, 9.17) is 4.52 Å². The third-order valence-corrected chi connectivity index (χ3v) is 8.07. The SMILES string of the molecule is CN(C)C(=O)C1(C(/C=C/C(C)(C)C2CCC3C(=O)CCCC32C)OP)CC1. The van der Waals surface area contributed by atoms with Crippen LogP contribution in [-0.2, 0) is 14.1 Å². The Bertz CT molecular complexity index is 637. The molecule has 1 amide bonds. The predicted octanol–water partition coefficient (Wildman–Crippen LogP) is 4.40. The molecule has 0 radical (unpaired) electrons.